The number of benzene rings is 2. The third kappa shape index (κ3) is 4.58. The number of nitrogens with zero attached hydrogens (tertiary/aromatic N) is 2. The second-order valence-corrected chi connectivity index (χ2v) is 9.74. The Balaban J connectivity index is 1.94. The van der Waals surface area contributed by atoms with Crippen LogP contribution >= 0.6 is 0 Å². The molecule has 0 aromatic heterocycles. The summed E-state index contributed by atoms with van der Waals surface area (Å²) < 4.78 is 16.6. The van der Waals surface area contributed by atoms with Crippen LogP contribution in [0.15, 0.2) is 65.1 Å². The van der Waals surface area contributed by atoms with Crippen molar-refractivity contribution in [3.8, 4) is 23.3 Å². The van der Waals surface area contributed by atoms with E-state index < -0.39 is 11.8 Å². The van der Waals surface area contributed by atoms with Gasteiger partial charge in [0.2, 0.25) is 0 Å². The Hall–Kier alpha value is -4.45. The van der Waals surface area contributed by atoms with Gasteiger partial charge in [0, 0.05) is 29.2 Å². The lowest BCUT2D eigenvalue weighted by Crippen LogP contribution is -2.49. The number of carbonyl (C=O) groups excluding carboxylic acids is 2. The lowest BCUT2D eigenvalue weighted by atomic mass is 9.69. The molecule has 2 aromatic carbocycles. The molecule has 3 N–H and O–H groups in total. The zero-order valence-corrected chi connectivity index (χ0v) is 21.5. The summed E-state index contributed by atoms with van der Waals surface area (Å²) in [4.78, 5) is 26.8. The van der Waals surface area contributed by atoms with Crippen molar-refractivity contribution in [2.45, 2.75) is 32.6 Å². The summed E-state index contributed by atoms with van der Waals surface area (Å²) in [6, 6.07) is 14.2. The van der Waals surface area contributed by atoms with Gasteiger partial charge in [-0.1, -0.05) is 32.0 Å². The molecule has 0 saturated carbocycles. The molecule has 2 aliphatic rings. The monoisotopic (exact) mass is 502 g/mol. The van der Waals surface area contributed by atoms with Crippen molar-refractivity contribution in [3.05, 3.63) is 76.3 Å². The van der Waals surface area contributed by atoms with E-state index in [9.17, 15) is 14.9 Å². The van der Waals surface area contributed by atoms with Gasteiger partial charge in [0.15, 0.2) is 17.3 Å². The molecule has 9 heteroatoms. The summed E-state index contributed by atoms with van der Waals surface area (Å²) in [5.74, 6) is -0.0512. The Kier molecular flexibility index (Phi) is 6.86. The fourth-order valence-corrected chi connectivity index (χ4v) is 4.98. The first-order valence-corrected chi connectivity index (χ1v) is 11.8. The molecule has 0 radical (unpaired) electrons. The second-order valence-electron chi connectivity index (χ2n) is 9.74. The summed E-state index contributed by atoms with van der Waals surface area (Å²) in [5.41, 5.74) is 11.0. The number of ketones is 1. The van der Waals surface area contributed by atoms with Crippen LogP contribution in [0.2, 0.25) is 0 Å². The summed E-state index contributed by atoms with van der Waals surface area (Å²) in [6.45, 7) is 3.97. The van der Waals surface area contributed by atoms with Crippen LogP contribution in [0.25, 0.3) is 0 Å². The van der Waals surface area contributed by atoms with E-state index in [4.69, 9.17) is 19.9 Å². The van der Waals surface area contributed by atoms with Crippen LogP contribution in [0, 0.1) is 16.7 Å². The molecule has 37 heavy (non-hydrogen) atoms. The zero-order valence-electron chi connectivity index (χ0n) is 21.5. The highest BCUT2D eigenvalue weighted by Gasteiger charge is 2.46. The predicted octanol–water partition coefficient (Wildman–Crippen LogP) is 3.79. The highest BCUT2D eigenvalue weighted by molar-refractivity contribution is 6.01. The summed E-state index contributed by atoms with van der Waals surface area (Å²) >= 11 is 0. The smallest absolute Gasteiger partial charge is 0.270 e. The van der Waals surface area contributed by atoms with E-state index in [0.29, 0.717) is 46.1 Å². The van der Waals surface area contributed by atoms with E-state index >= 15 is 0 Å². The van der Waals surface area contributed by atoms with Crippen molar-refractivity contribution in [1.82, 2.24) is 10.4 Å². The van der Waals surface area contributed by atoms with E-state index in [1.54, 1.807) is 36.4 Å². The number of allylic oxidation sites excluding steroid dienone is 3. The molecule has 9 nitrogen and oxygen atoms in total. The van der Waals surface area contributed by atoms with Crippen molar-refractivity contribution >= 4 is 11.7 Å². The minimum Gasteiger partial charge on any atom is -0.496 e. The van der Waals surface area contributed by atoms with E-state index in [0.717, 1.165) is 0 Å². The number of Topliss-reactive ketones (excluding diaryl/α,β-unsaturated/α-hetero) is 1. The van der Waals surface area contributed by atoms with Crippen LogP contribution in [-0.4, -0.2) is 38.0 Å². The topological polar surface area (TPSA) is 127 Å². The maximum atomic E-state index is 13.7. The minimum absolute atomic E-state index is 0.0397. The molecule has 1 unspecified atom stereocenters. The number of hydrogen-bond donors (Lipinski definition) is 2. The van der Waals surface area contributed by atoms with Crippen LogP contribution in [0.4, 0.5) is 0 Å². The standard InChI is InChI=1S/C28H30N4O5/c1-28(2)13-19-25(20(33)14-28)24(17-11-22(36-4)23(37-5)12-21(17)35-3)18(15-29)26(30)32(19)31-27(34)16-9-7-6-8-10-16/h6-12,24H,13-14,30H2,1-5H3,(H,31,34). The molecule has 0 fully saturated rings. The molecule has 0 spiro atoms. The largest absolute Gasteiger partial charge is 0.496 e. The summed E-state index contributed by atoms with van der Waals surface area (Å²) in [6.07, 6.45) is 0.728. The van der Waals surface area contributed by atoms with Crippen LogP contribution in [0.1, 0.15) is 48.5 Å². The number of rotatable bonds is 6. The molecule has 0 bridgehead atoms. The van der Waals surface area contributed by atoms with E-state index in [1.165, 1.54) is 26.3 Å². The summed E-state index contributed by atoms with van der Waals surface area (Å²) in [7, 11) is 4.52. The van der Waals surface area contributed by atoms with E-state index in [-0.39, 0.29) is 29.0 Å². The number of nitrogens with one attached hydrogen (secondary N) is 1. The zero-order chi connectivity index (χ0) is 26.9. The number of ether oxygens (including phenoxy) is 3. The molecule has 2 aromatic rings. The Bertz CT molecular complexity index is 1350. The molecule has 4 rings (SSSR count). The number of carbonyl (C=O) groups is 2. The quantitative estimate of drug-likeness (QED) is 0.611. The van der Waals surface area contributed by atoms with Crippen molar-refractivity contribution in [2.24, 2.45) is 11.1 Å². The van der Waals surface area contributed by atoms with Gasteiger partial charge >= 0.3 is 0 Å². The number of amides is 1. The highest BCUT2D eigenvalue weighted by atomic mass is 16.5. The first-order chi connectivity index (χ1) is 17.6. The molecular formula is C28H30N4O5. The van der Waals surface area contributed by atoms with Crippen LogP contribution in [0.5, 0.6) is 17.2 Å². The maximum Gasteiger partial charge on any atom is 0.270 e. The number of methoxy groups -OCH3 is 3. The van der Waals surface area contributed by atoms with Crippen molar-refractivity contribution in [2.75, 3.05) is 21.3 Å². The van der Waals surface area contributed by atoms with Gasteiger partial charge in [-0.25, -0.2) is 5.01 Å². The molecule has 1 heterocycles. The van der Waals surface area contributed by atoms with E-state index in [2.05, 4.69) is 11.5 Å². The molecular weight excluding hydrogens is 472 g/mol. The van der Waals surface area contributed by atoms with Gasteiger partial charge in [-0.3, -0.25) is 15.0 Å². The molecule has 1 atom stereocenters. The molecule has 1 amide bonds. The SMILES string of the molecule is COc1cc(OC)c(C2C(C#N)=C(N)N(NC(=O)c3ccccc3)C3=C2C(=O)CC(C)(C)C3)cc1OC. The third-order valence-electron chi connectivity index (χ3n) is 6.68. The first kappa shape index (κ1) is 25.6. The van der Waals surface area contributed by atoms with Gasteiger partial charge in [-0.05, 0) is 30.0 Å². The maximum absolute atomic E-state index is 13.7. The molecule has 1 aliphatic carbocycles. The van der Waals surface area contributed by atoms with Crippen LogP contribution in [0.3, 0.4) is 0 Å². The predicted molar refractivity (Wildman–Crippen MR) is 136 cm³/mol. The van der Waals surface area contributed by atoms with Gasteiger partial charge in [0.05, 0.1) is 44.6 Å². The van der Waals surface area contributed by atoms with E-state index in [1.807, 2.05) is 19.9 Å². The van der Waals surface area contributed by atoms with Gasteiger partial charge in [-0.2, -0.15) is 5.26 Å². The Morgan fingerprint density at radius 1 is 1.05 bits per heavy atom. The number of nitrogens with two attached hydrogens (primary N) is 1. The number of nitriles is 1. The highest BCUT2D eigenvalue weighted by Crippen LogP contribution is 2.51. The number of hydrogen-bond acceptors (Lipinski definition) is 8. The third-order valence-corrected chi connectivity index (χ3v) is 6.68. The minimum atomic E-state index is -0.816. The van der Waals surface area contributed by atoms with Crippen molar-refractivity contribution in [3.63, 3.8) is 0 Å². The van der Waals surface area contributed by atoms with Gasteiger partial charge in [-0.15, -0.1) is 0 Å². The Labute approximate surface area is 216 Å². The Morgan fingerprint density at radius 3 is 2.27 bits per heavy atom. The summed E-state index contributed by atoms with van der Waals surface area (Å²) in [5, 5.41) is 11.7. The second kappa shape index (κ2) is 9.90. The fraction of sp³-hybridized carbons (Fsp3) is 0.321. The lowest BCUT2D eigenvalue weighted by Gasteiger charge is -2.43. The van der Waals surface area contributed by atoms with Gasteiger partial charge in [0.1, 0.15) is 11.6 Å². The lowest BCUT2D eigenvalue weighted by molar-refractivity contribution is -0.118. The van der Waals surface area contributed by atoms with Crippen LogP contribution < -0.4 is 25.4 Å². The first-order valence-electron chi connectivity index (χ1n) is 11.8. The van der Waals surface area contributed by atoms with Crippen molar-refractivity contribution < 1.29 is 23.8 Å². The Morgan fingerprint density at radius 2 is 1.68 bits per heavy atom. The fourth-order valence-electron chi connectivity index (χ4n) is 4.98. The van der Waals surface area contributed by atoms with Crippen LogP contribution in [-0.2, 0) is 4.79 Å². The van der Waals surface area contributed by atoms with Gasteiger partial charge in [0.25, 0.3) is 5.91 Å². The molecule has 0 saturated heterocycles. The van der Waals surface area contributed by atoms with Gasteiger partial charge < -0.3 is 19.9 Å². The molecule has 1 aliphatic heterocycles. The number of hydrazine groups is 1. The average molecular weight is 503 g/mol. The average Bonchev–Trinajstić information content (AvgIpc) is 2.88. The normalized spacial score (nSPS) is 18.6. The molecule has 192 valence electrons. The van der Waals surface area contributed by atoms with Crippen molar-refractivity contribution in [1.29, 1.82) is 5.26 Å².